The van der Waals surface area contributed by atoms with E-state index in [2.05, 4.69) is 27.8 Å². The minimum absolute atomic E-state index is 0.0620. The van der Waals surface area contributed by atoms with Gasteiger partial charge < -0.3 is 10.6 Å². The molecule has 0 saturated heterocycles. The van der Waals surface area contributed by atoms with E-state index in [1.54, 1.807) is 0 Å². The summed E-state index contributed by atoms with van der Waals surface area (Å²) in [6.45, 7) is 7.95. The van der Waals surface area contributed by atoms with E-state index in [0.29, 0.717) is 11.7 Å². The largest absolute Gasteiger partial charge is 0.355 e. The van der Waals surface area contributed by atoms with E-state index in [0.717, 1.165) is 24.3 Å². The first-order valence-corrected chi connectivity index (χ1v) is 8.05. The molecule has 1 aromatic rings. The Morgan fingerprint density at radius 2 is 1.95 bits per heavy atom. The van der Waals surface area contributed by atoms with E-state index in [1.807, 2.05) is 20.8 Å². The lowest BCUT2D eigenvalue weighted by Gasteiger charge is -2.17. The number of carbonyl (C=O) groups excluding carboxylic acids is 2. The molecule has 0 saturated carbocycles. The maximum absolute atomic E-state index is 11.7. The third-order valence-corrected chi connectivity index (χ3v) is 3.67. The van der Waals surface area contributed by atoms with E-state index < -0.39 is 5.41 Å². The highest BCUT2D eigenvalue weighted by Crippen LogP contribution is 2.17. The highest BCUT2D eigenvalue weighted by atomic mass is 32.1. The van der Waals surface area contributed by atoms with Gasteiger partial charge in [0.25, 0.3) is 0 Å². The maximum atomic E-state index is 11.7. The number of nitrogens with zero attached hydrogens (tertiary/aromatic N) is 2. The van der Waals surface area contributed by atoms with Crippen molar-refractivity contribution in [3.05, 3.63) is 5.01 Å². The van der Waals surface area contributed by atoms with Gasteiger partial charge in [-0.15, -0.1) is 10.2 Å². The van der Waals surface area contributed by atoms with E-state index in [-0.39, 0.29) is 18.2 Å². The van der Waals surface area contributed by atoms with Crippen molar-refractivity contribution in [2.45, 2.75) is 53.4 Å². The molecule has 0 bridgehead atoms. The molecule has 7 heteroatoms. The topological polar surface area (TPSA) is 84.0 Å². The molecule has 0 radical (unpaired) electrons. The molecule has 2 amide bonds. The molecule has 0 atom stereocenters. The minimum atomic E-state index is -0.441. The summed E-state index contributed by atoms with van der Waals surface area (Å²) in [5, 5.41) is 14.9. The predicted octanol–water partition coefficient (Wildman–Crippen LogP) is 2.37. The lowest BCUT2D eigenvalue weighted by Crippen LogP contribution is -2.36. The Balaban J connectivity index is 2.30. The fourth-order valence-electron chi connectivity index (χ4n) is 1.47. The van der Waals surface area contributed by atoms with Crippen LogP contribution in [0.15, 0.2) is 0 Å². The Hall–Kier alpha value is -1.50. The summed E-state index contributed by atoms with van der Waals surface area (Å²) in [5.74, 6) is -0.226. The van der Waals surface area contributed by atoms with Gasteiger partial charge >= 0.3 is 0 Å². The van der Waals surface area contributed by atoms with Crippen molar-refractivity contribution < 1.29 is 9.59 Å². The molecule has 1 heterocycles. The predicted molar refractivity (Wildman–Crippen MR) is 84.2 cm³/mol. The van der Waals surface area contributed by atoms with Gasteiger partial charge in [0.05, 0.1) is 0 Å². The van der Waals surface area contributed by atoms with Crippen LogP contribution in [0, 0.1) is 5.41 Å². The minimum Gasteiger partial charge on any atom is -0.355 e. The smallest absolute Gasteiger partial charge is 0.227 e. The van der Waals surface area contributed by atoms with Gasteiger partial charge in [0.1, 0.15) is 5.01 Å². The van der Waals surface area contributed by atoms with Gasteiger partial charge in [-0.05, 0) is 6.42 Å². The zero-order valence-corrected chi connectivity index (χ0v) is 14.0. The summed E-state index contributed by atoms with van der Waals surface area (Å²) in [4.78, 5) is 23.4. The molecule has 0 unspecified atom stereocenters. The number of carbonyl (C=O) groups is 2. The maximum Gasteiger partial charge on any atom is 0.227 e. The summed E-state index contributed by atoms with van der Waals surface area (Å²) >= 11 is 1.40. The average molecular weight is 312 g/mol. The van der Waals surface area contributed by atoms with Crippen LogP contribution in [-0.2, 0) is 16.0 Å². The molecule has 0 aromatic carbocycles. The SMILES string of the molecule is CCCCc1nnc(NC(=O)CCNC(=O)C(C)(C)C)s1. The standard InChI is InChI=1S/C14H24N4O2S/c1-5-6-7-11-17-18-13(21-11)16-10(19)8-9-15-12(20)14(2,3)4/h5-9H2,1-4H3,(H,15,20)(H,16,18,19). The molecule has 0 spiro atoms. The lowest BCUT2D eigenvalue weighted by atomic mass is 9.96. The molecular weight excluding hydrogens is 288 g/mol. The first-order chi connectivity index (χ1) is 9.82. The van der Waals surface area contributed by atoms with Gasteiger partial charge in [0.15, 0.2) is 0 Å². The summed E-state index contributed by atoms with van der Waals surface area (Å²) < 4.78 is 0. The number of anilines is 1. The molecule has 118 valence electrons. The second kappa shape index (κ2) is 8.07. The third-order valence-electron chi connectivity index (χ3n) is 2.78. The van der Waals surface area contributed by atoms with Crippen LogP contribution in [0.4, 0.5) is 5.13 Å². The number of rotatable bonds is 7. The normalized spacial score (nSPS) is 11.2. The number of nitrogens with one attached hydrogen (secondary N) is 2. The molecule has 0 aliphatic rings. The molecule has 1 rings (SSSR count). The van der Waals surface area contributed by atoms with E-state index in [9.17, 15) is 9.59 Å². The van der Waals surface area contributed by atoms with Gasteiger partial charge in [-0.25, -0.2) is 0 Å². The number of hydrogen-bond donors (Lipinski definition) is 2. The van der Waals surface area contributed by atoms with Crippen LogP contribution in [0.25, 0.3) is 0 Å². The second-order valence-electron chi connectivity index (χ2n) is 5.91. The van der Waals surface area contributed by atoms with E-state index >= 15 is 0 Å². The van der Waals surface area contributed by atoms with Crippen molar-refractivity contribution in [3.63, 3.8) is 0 Å². The van der Waals surface area contributed by atoms with Crippen LogP contribution in [0.2, 0.25) is 0 Å². The average Bonchev–Trinajstić information content (AvgIpc) is 2.82. The Morgan fingerprint density at radius 1 is 1.24 bits per heavy atom. The van der Waals surface area contributed by atoms with Gasteiger partial charge in [-0.3, -0.25) is 9.59 Å². The van der Waals surface area contributed by atoms with Gasteiger partial charge in [-0.1, -0.05) is 45.5 Å². The molecule has 21 heavy (non-hydrogen) atoms. The van der Waals surface area contributed by atoms with Crippen LogP contribution < -0.4 is 10.6 Å². The van der Waals surface area contributed by atoms with Gasteiger partial charge in [0, 0.05) is 24.8 Å². The Labute approximate surface area is 129 Å². The van der Waals surface area contributed by atoms with Crippen molar-refractivity contribution in [3.8, 4) is 0 Å². The highest BCUT2D eigenvalue weighted by molar-refractivity contribution is 7.15. The number of hydrogen-bond acceptors (Lipinski definition) is 5. The van der Waals surface area contributed by atoms with Crippen molar-refractivity contribution in [1.29, 1.82) is 0 Å². The number of aromatic nitrogens is 2. The van der Waals surface area contributed by atoms with E-state index in [4.69, 9.17) is 0 Å². The van der Waals surface area contributed by atoms with Crippen LogP contribution in [0.3, 0.4) is 0 Å². The summed E-state index contributed by atoms with van der Waals surface area (Å²) in [6, 6.07) is 0. The monoisotopic (exact) mass is 312 g/mol. The first kappa shape index (κ1) is 17.6. The molecular formula is C14H24N4O2S. The Morgan fingerprint density at radius 3 is 2.57 bits per heavy atom. The van der Waals surface area contributed by atoms with Gasteiger partial charge in [0.2, 0.25) is 16.9 Å². The Kier molecular flexibility index (Phi) is 6.74. The third kappa shape index (κ3) is 6.66. The fraction of sp³-hybridized carbons (Fsp3) is 0.714. The summed E-state index contributed by atoms with van der Waals surface area (Å²) in [7, 11) is 0. The van der Waals surface area contributed by atoms with Crippen molar-refractivity contribution in [2.75, 3.05) is 11.9 Å². The van der Waals surface area contributed by atoms with Crippen molar-refractivity contribution in [1.82, 2.24) is 15.5 Å². The molecule has 1 aromatic heterocycles. The molecule has 0 fully saturated rings. The van der Waals surface area contributed by atoms with Crippen molar-refractivity contribution in [2.24, 2.45) is 5.41 Å². The van der Waals surface area contributed by atoms with Crippen LogP contribution >= 0.6 is 11.3 Å². The van der Waals surface area contributed by atoms with Crippen LogP contribution in [0.1, 0.15) is 52.0 Å². The van der Waals surface area contributed by atoms with Crippen LogP contribution in [-0.4, -0.2) is 28.6 Å². The zero-order valence-electron chi connectivity index (χ0n) is 13.2. The van der Waals surface area contributed by atoms with Crippen LogP contribution in [0.5, 0.6) is 0 Å². The van der Waals surface area contributed by atoms with E-state index in [1.165, 1.54) is 11.3 Å². The zero-order chi connectivity index (χ0) is 15.9. The first-order valence-electron chi connectivity index (χ1n) is 7.23. The molecule has 0 aliphatic carbocycles. The van der Waals surface area contributed by atoms with Crippen molar-refractivity contribution >= 4 is 28.3 Å². The molecule has 2 N–H and O–H groups in total. The number of aryl methyl sites for hydroxylation is 1. The molecule has 0 aliphatic heterocycles. The summed E-state index contributed by atoms with van der Waals surface area (Å²) in [6.07, 6.45) is 3.30. The number of unbranched alkanes of at least 4 members (excludes halogenated alkanes) is 1. The fourth-order valence-corrected chi connectivity index (χ4v) is 2.27. The lowest BCUT2D eigenvalue weighted by molar-refractivity contribution is -0.128. The molecule has 6 nitrogen and oxygen atoms in total. The highest BCUT2D eigenvalue weighted by Gasteiger charge is 2.20. The van der Waals surface area contributed by atoms with Gasteiger partial charge in [-0.2, -0.15) is 0 Å². The second-order valence-corrected chi connectivity index (χ2v) is 6.97. The number of amides is 2. The Bertz CT molecular complexity index is 480. The summed E-state index contributed by atoms with van der Waals surface area (Å²) in [5.41, 5.74) is -0.441. The quantitative estimate of drug-likeness (QED) is 0.809.